The number of hydrogen-bond acceptors (Lipinski definition) is 4. The quantitative estimate of drug-likeness (QED) is 0.783. The average molecular weight is 282 g/mol. The molecule has 0 bridgehead atoms. The highest BCUT2D eigenvalue weighted by molar-refractivity contribution is 8.00. The van der Waals surface area contributed by atoms with Crippen LogP contribution >= 0.6 is 11.8 Å². The normalized spacial score (nSPS) is 9.79. The number of benzene rings is 1. The minimum atomic E-state index is -0.446. The van der Waals surface area contributed by atoms with E-state index in [2.05, 4.69) is 10.6 Å². The van der Waals surface area contributed by atoms with Gasteiger partial charge < -0.3 is 10.1 Å². The Labute approximate surface area is 117 Å². The first kappa shape index (κ1) is 15.4. The van der Waals surface area contributed by atoms with E-state index in [1.54, 1.807) is 7.11 Å². The summed E-state index contributed by atoms with van der Waals surface area (Å²) >= 11 is 1.35. The number of methoxy groups -OCH3 is 1. The number of carbonyl (C=O) groups is 2. The van der Waals surface area contributed by atoms with Crippen LogP contribution in [0.1, 0.15) is 13.3 Å². The van der Waals surface area contributed by atoms with Crippen LogP contribution in [-0.2, 0) is 4.79 Å². The van der Waals surface area contributed by atoms with Gasteiger partial charge in [0.25, 0.3) is 0 Å². The lowest BCUT2D eigenvalue weighted by atomic mass is 10.3. The summed E-state index contributed by atoms with van der Waals surface area (Å²) in [5.41, 5.74) is 0. The highest BCUT2D eigenvalue weighted by Crippen LogP contribution is 2.22. The molecule has 104 valence electrons. The van der Waals surface area contributed by atoms with E-state index in [1.807, 2.05) is 31.2 Å². The van der Waals surface area contributed by atoms with Gasteiger partial charge in [0.05, 0.1) is 12.9 Å². The number of urea groups is 1. The van der Waals surface area contributed by atoms with E-state index in [1.165, 1.54) is 11.8 Å². The summed E-state index contributed by atoms with van der Waals surface area (Å²) in [6, 6.07) is 6.97. The van der Waals surface area contributed by atoms with E-state index in [0.29, 0.717) is 6.54 Å². The highest BCUT2D eigenvalue weighted by atomic mass is 32.2. The van der Waals surface area contributed by atoms with Crippen LogP contribution in [0, 0.1) is 0 Å². The maximum atomic E-state index is 11.5. The third kappa shape index (κ3) is 6.15. The van der Waals surface area contributed by atoms with E-state index in [9.17, 15) is 9.59 Å². The zero-order valence-corrected chi connectivity index (χ0v) is 11.9. The number of hydrogen-bond donors (Lipinski definition) is 2. The molecular formula is C13H18N2O3S. The lowest BCUT2D eigenvalue weighted by Gasteiger charge is -2.06. The number of imide groups is 1. The number of carbonyl (C=O) groups excluding carboxylic acids is 2. The van der Waals surface area contributed by atoms with Crippen LogP contribution in [0.2, 0.25) is 0 Å². The predicted molar refractivity (Wildman–Crippen MR) is 75.6 cm³/mol. The lowest BCUT2D eigenvalue weighted by Crippen LogP contribution is -2.40. The van der Waals surface area contributed by atoms with Crippen LogP contribution in [0.15, 0.2) is 29.2 Å². The fourth-order valence-electron chi connectivity index (χ4n) is 1.29. The Morgan fingerprint density at radius 3 is 2.84 bits per heavy atom. The molecule has 19 heavy (non-hydrogen) atoms. The Kier molecular flexibility index (Phi) is 6.81. The summed E-state index contributed by atoms with van der Waals surface area (Å²) in [5.74, 6) is 0.611. The standard InChI is InChI=1S/C13H18N2O3S/c1-3-7-14-13(17)15-12(16)9-19-11-6-4-5-10(8-11)18-2/h4-6,8H,3,7,9H2,1-2H3,(H2,14,15,16,17). The van der Waals surface area contributed by atoms with Gasteiger partial charge in [-0.3, -0.25) is 10.1 Å². The van der Waals surface area contributed by atoms with Gasteiger partial charge in [0, 0.05) is 11.4 Å². The van der Waals surface area contributed by atoms with E-state index < -0.39 is 6.03 Å². The minimum Gasteiger partial charge on any atom is -0.497 e. The van der Waals surface area contributed by atoms with Gasteiger partial charge in [-0.1, -0.05) is 13.0 Å². The van der Waals surface area contributed by atoms with Crippen molar-refractivity contribution in [2.75, 3.05) is 19.4 Å². The fourth-order valence-corrected chi connectivity index (χ4v) is 2.03. The molecule has 0 saturated carbocycles. The molecule has 0 spiro atoms. The molecule has 0 radical (unpaired) electrons. The molecule has 0 unspecified atom stereocenters. The fraction of sp³-hybridized carbons (Fsp3) is 0.385. The molecule has 1 rings (SSSR count). The van der Waals surface area contributed by atoms with Crippen molar-refractivity contribution in [2.45, 2.75) is 18.2 Å². The largest absolute Gasteiger partial charge is 0.497 e. The number of rotatable bonds is 6. The van der Waals surface area contributed by atoms with Gasteiger partial charge in [0.1, 0.15) is 5.75 Å². The van der Waals surface area contributed by atoms with Crippen molar-refractivity contribution in [3.63, 3.8) is 0 Å². The number of nitrogens with one attached hydrogen (secondary N) is 2. The second-order valence-electron chi connectivity index (χ2n) is 3.77. The first-order valence-corrected chi connectivity index (χ1v) is 6.98. The zero-order chi connectivity index (χ0) is 14.1. The van der Waals surface area contributed by atoms with Crippen molar-refractivity contribution in [1.29, 1.82) is 0 Å². The molecule has 5 nitrogen and oxygen atoms in total. The molecule has 0 aliphatic rings. The van der Waals surface area contributed by atoms with Gasteiger partial charge >= 0.3 is 6.03 Å². The second kappa shape index (κ2) is 8.42. The molecule has 0 aromatic heterocycles. The SMILES string of the molecule is CCCNC(=O)NC(=O)CSc1cccc(OC)c1. The third-order valence-corrected chi connectivity index (χ3v) is 3.19. The van der Waals surface area contributed by atoms with Crippen molar-refractivity contribution < 1.29 is 14.3 Å². The van der Waals surface area contributed by atoms with Crippen LogP contribution in [0.4, 0.5) is 4.79 Å². The van der Waals surface area contributed by atoms with Gasteiger partial charge in [0.2, 0.25) is 5.91 Å². The zero-order valence-electron chi connectivity index (χ0n) is 11.1. The Balaban J connectivity index is 2.35. The first-order chi connectivity index (χ1) is 9.15. The summed E-state index contributed by atoms with van der Waals surface area (Å²) < 4.78 is 5.09. The molecule has 0 atom stereocenters. The van der Waals surface area contributed by atoms with Gasteiger partial charge in [-0.25, -0.2) is 4.79 Å². The van der Waals surface area contributed by atoms with Crippen LogP contribution in [0.25, 0.3) is 0 Å². The Morgan fingerprint density at radius 1 is 1.37 bits per heavy atom. The highest BCUT2D eigenvalue weighted by Gasteiger charge is 2.07. The molecule has 0 saturated heterocycles. The number of thioether (sulfide) groups is 1. The van der Waals surface area contributed by atoms with E-state index >= 15 is 0 Å². The van der Waals surface area contributed by atoms with Gasteiger partial charge in [0.15, 0.2) is 0 Å². The summed E-state index contributed by atoms with van der Waals surface area (Å²) in [4.78, 5) is 23.7. The van der Waals surface area contributed by atoms with Crippen molar-refractivity contribution >= 4 is 23.7 Å². The molecule has 1 aromatic rings. The number of amides is 3. The molecule has 0 aliphatic heterocycles. The monoisotopic (exact) mass is 282 g/mol. The molecule has 0 aliphatic carbocycles. The van der Waals surface area contributed by atoms with E-state index in [0.717, 1.165) is 17.1 Å². The summed E-state index contributed by atoms with van der Waals surface area (Å²) in [7, 11) is 1.59. The molecule has 0 fully saturated rings. The summed E-state index contributed by atoms with van der Waals surface area (Å²) in [5, 5.41) is 4.85. The minimum absolute atomic E-state index is 0.187. The second-order valence-corrected chi connectivity index (χ2v) is 4.82. The van der Waals surface area contributed by atoms with Crippen molar-refractivity contribution in [3.05, 3.63) is 24.3 Å². The van der Waals surface area contributed by atoms with Crippen LogP contribution < -0.4 is 15.4 Å². The van der Waals surface area contributed by atoms with E-state index in [-0.39, 0.29) is 11.7 Å². The molecule has 2 N–H and O–H groups in total. The topological polar surface area (TPSA) is 67.4 Å². The molecule has 0 heterocycles. The average Bonchev–Trinajstić information content (AvgIpc) is 2.43. The maximum Gasteiger partial charge on any atom is 0.321 e. The molecule has 1 aromatic carbocycles. The van der Waals surface area contributed by atoms with Crippen molar-refractivity contribution in [3.8, 4) is 5.75 Å². The number of ether oxygens (including phenoxy) is 1. The van der Waals surface area contributed by atoms with Crippen molar-refractivity contribution in [1.82, 2.24) is 10.6 Å². The van der Waals surface area contributed by atoms with Crippen LogP contribution in [0.5, 0.6) is 5.75 Å². The summed E-state index contributed by atoms with van der Waals surface area (Å²) in [6.07, 6.45) is 0.834. The summed E-state index contributed by atoms with van der Waals surface area (Å²) in [6.45, 7) is 2.50. The molecule has 6 heteroatoms. The molecular weight excluding hydrogens is 264 g/mol. The van der Waals surface area contributed by atoms with Gasteiger partial charge in [-0.05, 0) is 24.6 Å². The Hall–Kier alpha value is -1.69. The van der Waals surface area contributed by atoms with Crippen LogP contribution in [0.3, 0.4) is 0 Å². The smallest absolute Gasteiger partial charge is 0.321 e. The third-order valence-electron chi connectivity index (χ3n) is 2.20. The molecule has 3 amide bonds. The van der Waals surface area contributed by atoms with Crippen LogP contribution in [-0.4, -0.2) is 31.3 Å². The van der Waals surface area contributed by atoms with Crippen molar-refractivity contribution in [2.24, 2.45) is 0 Å². The maximum absolute atomic E-state index is 11.5. The van der Waals surface area contributed by atoms with E-state index in [4.69, 9.17) is 4.74 Å². The van der Waals surface area contributed by atoms with Gasteiger partial charge in [-0.15, -0.1) is 11.8 Å². The van der Waals surface area contributed by atoms with Gasteiger partial charge in [-0.2, -0.15) is 0 Å². The first-order valence-electron chi connectivity index (χ1n) is 6.00. The predicted octanol–water partition coefficient (Wildman–Crippen LogP) is 2.02. The Bertz CT molecular complexity index is 438. The Morgan fingerprint density at radius 2 is 2.16 bits per heavy atom. The lowest BCUT2D eigenvalue weighted by molar-refractivity contribution is -0.117.